The number of pyridine rings is 1. The van der Waals surface area contributed by atoms with Gasteiger partial charge in [0.2, 0.25) is 5.91 Å². The third-order valence-electron chi connectivity index (χ3n) is 3.92. The molecular weight excluding hydrogens is 370 g/mol. The second-order valence-corrected chi connectivity index (χ2v) is 6.39. The highest BCUT2D eigenvalue weighted by molar-refractivity contribution is 6.30. The van der Waals surface area contributed by atoms with Crippen molar-refractivity contribution in [3.8, 4) is 0 Å². The van der Waals surface area contributed by atoms with Gasteiger partial charge in [-0.25, -0.2) is 4.98 Å². The summed E-state index contributed by atoms with van der Waals surface area (Å²) in [5.41, 5.74) is 2.36. The number of carbonyl (C=O) groups is 1. The molecule has 3 rings (SSSR count). The lowest BCUT2D eigenvalue weighted by atomic mass is 10.2. The third kappa shape index (κ3) is 5.18. The van der Waals surface area contributed by atoms with Gasteiger partial charge in [0.15, 0.2) is 0 Å². The normalized spacial score (nSPS) is 10.7. The van der Waals surface area contributed by atoms with Crippen molar-refractivity contribution in [2.45, 2.75) is 19.4 Å². The van der Waals surface area contributed by atoms with Crippen LogP contribution in [0.3, 0.4) is 0 Å². The fraction of sp³-hybridized carbons (Fsp3) is 0.222. The van der Waals surface area contributed by atoms with Gasteiger partial charge < -0.3 is 15.0 Å². The number of halogens is 1. The molecule has 2 N–H and O–H groups in total. The van der Waals surface area contributed by atoms with Gasteiger partial charge in [-0.05, 0) is 30.7 Å². The lowest BCUT2D eigenvalue weighted by Crippen LogP contribution is -2.23. The van der Waals surface area contributed by atoms with Crippen molar-refractivity contribution in [2.24, 2.45) is 0 Å². The Kier molecular flexibility index (Phi) is 5.87. The van der Waals surface area contributed by atoms with E-state index in [9.17, 15) is 14.9 Å². The molecule has 0 aliphatic heterocycles. The van der Waals surface area contributed by atoms with Gasteiger partial charge in [-0.1, -0.05) is 11.6 Å². The standard InChI is InChI=1S/C18H18ClN5O3/c19-13-3-8-17-22-15(12-23(17)11-13)10-21-18(25)2-1-9-20-14-4-6-16(7-5-14)24(26)27/h3-8,11-12,20H,1-2,9-10H2,(H,21,25). The minimum absolute atomic E-state index is 0.0501. The Morgan fingerprint density at radius 1 is 1.19 bits per heavy atom. The number of carbonyl (C=O) groups excluding carboxylic acids is 1. The van der Waals surface area contributed by atoms with Crippen LogP contribution in [0, 0.1) is 10.1 Å². The zero-order valence-electron chi connectivity index (χ0n) is 14.4. The van der Waals surface area contributed by atoms with Crippen molar-refractivity contribution >= 4 is 34.5 Å². The highest BCUT2D eigenvalue weighted by atomic mass is 35.5. The van der Waals surface area contributed by atoms with Gasteiger partial charge in [-0.15, -0.1) is 0 Å². The van der Waals surface area contributed by atoms with Crippen molar-refractivity contribution in [3.05, 3.63) is 69.6 Å². The molecule has 0 unspecified atom stereocenters. The molecule has 0 aliphatic rings. The molecule has 140 valence electrons. The molecule has 0 bridgehead atoms. The van der Waals surface area contributed by atoms with Crippen molar-refractivity contribution in [1.82, 2.24) is 14.7 Å². The Morgan fingerprint density at radius 2 is 1.96 bits per heavy atom. The van der Waals surface area contributed by atoms with Crippen molar-refractivity contribution in [2.75, 3.05) is 11.9 Å². The summed E-state index contributed by atoms with van der Waals surface area (Å²) in [4.78, 5) is 26.5. The minimum atomic E-state index is -0.439. The van der Waals surface area contributed by atoms with E-state index < -0.39 is 4.92 Å². The van der Waals surface area contributed by atoms with E-state index in [1.165, 1.54) is 12.1 Å². The Hall–Kier alpha value is -3.13. The van der Waals surface area contributed by atoms with Crippen molar-refractivity contribution in [1.29, 1.82) is 0 Å². The minimum Gasteiger partial charge on any atom is -0.385 e. The Balaban J connectivity index is 1.38. The SMILES string of the molecule is O=C(CCCNc1ccc([N+](=O)[O-])cc1)NCc1cn2cc(Cl)ccc2n1. The molecule has 0 spiro atoms. The first-order chi connectivity index (χ1) is 13.0. The molecular formula is C18H18ClN5O3. The first kappa shape index (κ1) is 18.7. The van der Waals surface area contributed by atoms with Crippen LogP contribution in [0.5, 0.6) is 0 Å². The maximum atomic E-state index is 11.9. The summed E-state index contributed by atoms with van der Waals surface area (Å²) in [7, 11) is 0. The molecule has 2 heterocycles. The van der Waals surface area contributed by atoms with Gasteiger partial charge in [0.1, 0.15) is 5.65 Å². The predicted molar refractivity (Wildman–Crippen MR) is 103 cm³/mol. The van der Waals surface area contributed by atoms with Crippen LogP contribution in [-0.2, 0) is 11.3 Å². The predicted octanol–water partition coefficient (Wildman–Crippen LogP) is 3.40. The van der Waals surface area contributed by atoms with E-state index in [1.807, 2.05) is 16.7 Å². The summed E-state index contributed by atoms with van der Waals surface area (Å²) >= 11 is 5.94. The number of imidazole rings is 1. The monoisotopic (exact) mass is 387 g/mol. The smallest absolute Gasteiger partial charge is 0.269 e. The number of rotatable bonds is 8. The lowest BCUT2D eigenvalue weighted by molar-refractivity contribution is -0.384. The fourth-order valence-electron chi connectivity index (χ4n) is 2.56. The van der Waals surface area contributed by atoms with Gasteiger partial charge in [0.05, 0.1) is 22.2 Å². The number of nitrogens with zero attached hydrogens (tertiary/aromatic N) is 3. The van der Waals surface area contributed by atoms with Crippen LogP contribution >= 0.6 is 11.6 Å². The largest absolute Gasteiger partial charge is 0.385 e. The van der Waals surface area contributed by atoms with E-state index in [-0.39, 0.29) is 11.6 Å². The molecule has 2 aromatic heterocycles. The van der Waals surface area contributed by atoms with Gasteiger partial charge in [0.25, 0.3) is 5.69 Å². The number of nitrogens with one attached hydrogen (secondary N) is 2. The van der Waals surface area contributed by atoms with E-state index in [1.54, 1.807) is 24.4 Å². The summed E-state index contributed by atoms with van der Waals surface area (Å²) < 4.78 is 1.82. The van der Waals surface area contributed by atoms with E-state index in [0.29, 0.717) is 31.0 Å². The molecule has 8 nitrogen and oxygen atoms in total. The number of hydrogen-bond donors (Lipinski definition) is 2. The van der Waals surface area contributed by atoms with Crippen LogP contribution in [-0.4, -0.2) is 26.8 Å². The molecule has 0 saturated carbocycles. The summed E-state index contributed by atoms with van der Waals surface area (Å²) in [5.74, 6) is -0.0596. The number of fused-ring (bicyclic) bond motifs is 1. The average Bonchev–Trinajstić information content (AvgIpc) is 3.06. The van der Waals surface area contributed by atoms with Crippen LogP contribution < -0.4 is 10.6 Å². The summed E-state index contributed by atoms with van der Waals surface area (Å²) in [5, 5.41) is 17.2. The first-order valence-corrected chi connectivity index (χ1v) is 8.77. The summed E-state index contributed by atoms with van der Waals surface area (Å²) in [6.07, 6.45) is 4.61. The molecule has 0 saturated heterocycles. The fourth-order valence-corrected chi connectivity index (χ4v) is 2.73. The van der Waals surface area contributed by atoms with Gasteiger partial charge in [-0.3, -0.25) is 14.9 Å². The summed E-state index contributed by atoms with van der Waals surface area (Å²) in [6.45, 7) is 0.950. The molecule has 27 heavy (non-hydrogen) atoms. The molecule has 0 fully saturated rings. The van der Waals surface area contributed by atoms with Crippen LogP contribution in [0.4, 0.5) is 11.4 Å². The third-order valence-corrected chi connectivity index (χ3v) is 4.14. The first-order valence-electron chi connectivity index (χ1n) is 8.39. The molecule has 0 atom stereocenters. The van der Waals surface area contributed by atoms with Gasteiger partial charge >= 0.3 is 0 Å². The van der Waals surface area contributed by atoms with E-state index >= 15 is 0 Å². The molecule has 0 radical (unpaired) electrons. The maximum absolute atomic E-state index is 11.9. The Morgan fingerprint density at radius 3 is 2.70 bits per heavy atom. The number of aromatic nitrogens is 2. The number of nitro benzene ring substituents is 1. The molecule has 1 aromatic carbocycles. The molecule has 1 amide bonds. The molecule has 0 aliphatic carbocycles. The number of nitro groups is 1. The van der Waals surface area contributed by atoms with Crippen molar-refractivity contribution in [3.63, 3.8) is 0 Å². The Labute approximate surface area is 160 Å². The highest BCUT2D eigenvalue weighted by Gasteiger charge is 2.06. The second kappa shape index (κ2) is 8.50. The average molecular weight is 388 g/mol. The van der Waals surface area contributed by atoms with Crippen LogP contribution in [0.25, 0.3) is 5.65 Å². The van der Waals surface area contributed by atoms with Crippen molar-refractivity contribution < 1.29 is 9.72 Å². The van der Waals surface area contributed by atoms with E-state index in [0.717, 1.165) is 17.0 Å². The number of hydrogen-bond acceptors (Lipinski definition) is 5. The van der Waals surface area contributed by atoms with Gasteiger partial charge in [0, 0.05) is 43.2 Å². The molecule has 3 aromatic rings. The zero-order chi connectivity index (χ0) is 19.2. The van der Waals surface area contributed by atoms with Crippen LogP contribution in [0.1, 0.15) is 18.5 Å². The number of non-ortho nitro benzene ring substituents is 1. The maximum Gasteiger partial charge on any atom is 0.269 e. The topological polar surface area (TPSA) is 102 Å². The van der Waals surface area contributed by atoms with Crippen LogP contribution in [0.15, 0.2) is 48.8 Å². The van der Waals surface area contributed by atoms with E-state index in [4.69, 9.17) is 11.6 Å². The number of anilines is 1. The van der Waals surface area contributed by atoms with E-state index in [2.05, 4.69) is 15.6 Å². The quantitative estimate of drug-likeness (QED) is 0.350. The number of benzene rings is 1. The van der Waals surface area contributed by atoms with Crippen LogP contribution in [0.2, 0.25) is 5.02 Å². The van der Waals surface area contributed by atoms with Gasteiger partial charge in [-0.2, -0.15) is 0 Å². The lowest BCUT2D eigenvalue weighted by Gasteiger charge is -2.06. The zero-order valence-corrected chi connectivity index (χ0v) is 15.1. The molecule has 9 heteroatoms. The number of amides is 1. The second-order valence-electron chi connectivity index (χ2n) is 5.96. The summed E-state index contributed by atoms with van der Waals surface area (Å²) in [6, 6.07) is 9.76. The highest BCUT2D eigenvalue weighted by Crippen LogP contribution is 2.15. The Bertz CT molecular complexity index is 955.